The quantitative estimate of drug-likeness (QED) is 0.846. The second-order valence-corrected chi connectivity index (χ2v) is 4.36. The van der Waals surface area contributed by atoms with E-state index in [2.05, 4.69) is 54.5 Å². The molecule has 0 aliphatic heterocycles. The van der Waals surface area contributed by atoms with E-state index in [9.17, 15) is 0 Å². The van der Waals surface area contributed by atoms with Gasteiger partial charge < -0.3 is 5.32 Å². The summed E-state index contributed by atoms with van der Waals surface area (Å²) in [6.45, 7) is 7.32. The Balaban J connectivity index is 2.42. The van der Waals surface area contributed by atoms with Crippen molar-refractivity contribution in [2.24, 2.45) is 0 Å². The Hall–Kier alpha value is -1.61. The number of benzene rings is 1. The van der Waals surface area contributed by atoms with Crippen LogP contribution in [0.15, 0.2) is 30.5 Å². The van der Waals surface area contributed by atoms with Crippen LogP contribution in [0, 0.1) is 13.8 Å². The van der Waals surface area contributed by atoms with Gasteiger partial charge in [-0.2, -0.15) is 5.10 Å². The molecule has 17 heavy (non-hydrogen) atoms. The summed E-state index contributed by atoms with van der Waals surface area (Å²) in [7, 11) is 0. The van der Waals surface area contributed by atoms with Gasteiger partial charge in [-0.3, -0.25) is 5.10 Å². The van der Waals surface area contributed by atoms with Crippen LogP contribution in [0.4, 0.5) is 0 Å². The van der Waals surface area contributed by atoms with E-state index in [1.165, 1.54) is 16.7 Å². The van der Waals surface area contributed by atoms with Crippen LogP contribution in [0.1, 0.15) is 35.3 Å². The molecule has 2 aromatic rings. The predicted molar refractivity (Wildman–Crippen MR) is 70.0 cm³/mol. The summed E-state index contributed by atoms with van der Waals surface area (Å²) in [5, 5.41) is 10.6. The molecular weight excluding hydrogens is 210 g/mol. The van der Waals surface area contributed by atoms with E-state index >= 15 is 0 Å². The third kappa shape index (κ3) is 2.56. The first-order valence-corrected chi connectivity index (χ1v) is 6.02. The molecular formula is C14H19N3. The molecule has 0 saturated carbocycles. The zero-order valence-electron chi connectivity index (χ0n) is 10.6. The topological polar surface area (TPSA) is 40.7 Å². The Morgan fingerprint density at radius 2 is 2.12 bits per heavy atom. The minimum absolute atomic E-state index is 0.197. The van der Waals surface area contributed by atoms with Crippen LogP contribution in [-0.4, -0.2) is 16.7 Å². The molecule has 1 atom stereocenters. The zero-order valence-corrected chi connectivity index (χ0v) is 10.6. The number of hydrogen-bond donors (Lipinski definition) is 2. The monoisotopic (exact) mass is 229 g/mol. The molecule has 0 bridgehead atoms. The van der Waals surface area contributed by atoms with Crippen molar-refractivity contribution in [1.82, 2.24) is 15.5 Å². The highest BCUT2D eigenvalue weighted by molar-refractivity contribution is 5.37. The maximum absolute atomic E-state index is 4.04. The van der Waals surface area contributed by atoms with Crippen molar-refractivity contribution in [3.63, 3.8) is 0 Å². The molecule has 3 heteroatoms. The van der Waals surface area contributed by atoms with E-state index in [0.717, 1.165) is 12.2 Å². The van der Waals surface area contributed by atoms with Gasteiger partial charge >= 0.3 is 0 Å². The largest absolute Gasteiger partial charge is 0.305 e. The number of hydrogen-bond acceptors (Lipinski definition) is 2. The second kappa shape index (κ2) is 5.15. The van der Waals surface area contributed by atoms with Crippen molar-refractivity contribution in [3.8, 4) is 0 Å². The molecule has 2 N–H and O–H groups in total. The molecule has 3 nitrogen and oxygen atoms in total. The summed E-state index contributed by atoms with van der Waals surface area (Å²) in [5.74, 6) is 0. The number of H-pyrrole nitrogens is 1. The maximum Gasteiger partial charge on any atom is 0.0748 e. The number of nitrogens with zero attached hydrogens (tertiary/aromatic N) is 1. The summed E-state index contributed by atoms with van der Waals surface area (Å²) in [6, 6.07) is 8.78. The maximum atomic E-state index is 4.04. The second-order valence-electron chi connectivity index (χ2n) is 4.36. The third-order valence-electron chi connectivity index (χ3n) is 2.99. The first-order chi connectivity index (χ1) is 8.22. The van der Waals surface area contributed by atoms with Gasteiger partial charge in [-0.1, -0.05) is 30.7 Å². The van der Waals surface area contributed by atoms with Gasteiger partial charge in [0.1, 0.15) is 0 Å². The third-order valence-corrected chi connectivity index (χ3v) is 2.99. The van der Waals surface area contributed by atoms with Crippen LogP contribution in [0.3, 0.4) is 0 Å². The minimum atomic E-state index is 0.197. The van der Waals surface area contributed by atoms with E-state index in [4.69, 9.17) is 0 Å². The molecule has 0 amide bonds. The van der Waals surface area contributed by atoms with Gasteiger partial charge in [-0.25, -0.2) is 0 Å². The number of rotatable bonds is 4. The van der Waals surface area contributed by atoms with Crippen molar-refractivity contribution in [1.29, 1.82) is 0 Å². The Morgan fingerprint density at radius 3 is 2.76 bits per heavy atom. The SMILES string of the molecule is CCNC(c1ccn[nH]1)c1cc(C)ccc1C. The zero-order chi connectivity index (χ0) is 12.3. The van der Waals surface area contributed by atoms with Crippen molar-refractivity contribution in [2.45, 2.75) is 26.8 Å². The normalized spacial score (nSPS) is 12.6. The molecule has 2 rings (SSSR count). The van der Waals surface area contributed by atoms with Gasteiger partial charge in [0, 0.05) is 6.20 Å². The van der Waals surface area contributed by atoms with Gasteiger partial charge in [-0.05, 0) is 37.6 Å². The van der Waals surface area contributed by atoms with Crippen molar-refractivity contribution in [3.05, 3.63) is 52.8 Å². The Bertz CT molecular complexity index is 474. The van der Waals surface area contributed by atoms with Crippen molar-refractivity contribution < 1.29 is 0 Å². The van der Waals surface area contributed by atoms with Crippen LogP contribution in [0.5, 0.6) is 0 Å². The lowest BCUT2D eigenvalue weighted by molar-refractivity contribution is 0.610. The van der Waals surface area contributed by atoms with E-state index in [0.29, 0.717) is 0 Å². The molecule has 90 valence electrons. The molecule has 1 aromatic carbocycles. The molecule has 0 radical (unpaired) electrons. The highest BCUT2D eigenvalue weighted by Crippen LogP contribution is 2.24. The van der Waals surface area contributed by atoms with Crippen molar-refractivity contribution in [2.75, 3.05) is 6.54 Å². The smallest absolute Gasteiger partial charge is 0.0748 e. The number of aromatic nitrogens is 2. The molecule has 1 aromatic heterocycles. The predicted octanol–water partition coefficient (Wildman–Crippen LogP) is 2.73. The van der Waals surface area contributed by atoms with Crippen LogP contribution in [0.25, 0.3) is 0 Å². The summed E-state index contributed by atoms with van der Waals surface area (Å²) >= 11 is 0. The van der Waals surface area contributed by atoms with Gasteiger partial charge in [0.2, 0.25) is 0 Å². The van der Waals surface area contributed by atoms with Crippen LogP contribution < -0.4 is 5.32 Å². The van der Waals surface area contributed by atoms with Crippen LogP contribution in [-0.2, 0) is 0 Å². The van der Waals surface area contributed by atoms with Gasteiger partial charge in [0.25, 0.3) is 0 Å². The van der Waals surface area contributed by atoms with E-state index in [1.807, 2.05) is 6.07 Å². The Morgan fingerprint density at radius 1 is 1.29 bits per heavy atom. The molecule has 0 aliphatic carbocycles. The molecule has 0 saturated heterocycles. The number of aryl methyl sites for hydroxylation is 2. The first kappa shape index (κ1) is 11.9. The van der Waals surface area contributed by atoms with Crippen LogP contribution in [0.2, 0.25) is 0 Å². The Kier molecular flexibility index (Phi) is 3.59. The summed E-state index contributed by atoms with van der Waals surface area (Å²) in [6.07, 6.45) is 1.80. The molecule has 0 spiro atoms. The lowest BCUT2D eigenvalue weighted by Gasteiger charge is -2.19. The summed E-state index contributed by atoms with van der Waals surface area (Å²) < 4.78 is 0. The summed E-state index contributed by atoms with van der Waals surface area (Å²) in [5.41, 5.74) is 5.01. The molecule has 1 heterocycles. The van der Waals surface area contributed by atoms with E-state index in [-0.39, 0.29) is 6.04 Å². The molecule has 0 fully saturated rings. The fraction of sp³-hybridized carbons (Fsp3) is 0.357. The van der Waals surface area contributed by atoms with E-state index in [1.54, 1.807) is 6.20 Å². The van der Waals surface area contributed by atoms with Crippen molar-refractivity contribution >= 4 is 0 Å². The molecule has 0 aliphatic rings. The lowest BCUT2D eigenvalue weighted by Crippen LogP contribution is -2.23. The fourth-order valence-electron chi connectivity index (χ4n) is 2.09. The van der Waals surface area contributed by atoms with Crippen LogP contribution >= 0.6 is 0 Å². The standard InChI is InChI=1S/C14H19N3/c1-4-15-14(13-7-8-16-17-13)12-9-10(2)5-6-11(12)3/h5-9,14-15H,4H2,1-3H3,(H,16,17). The minimum Gasteiger partial charge on any atom is -0.305 e. The fourth-order valence-corrected chi connectivity index (χ4v) is 2.09. The first-order valence-electron chi connectivity index (χ1n) is 6.02. The number of aromatic amines is 1. The highest BCUT2D eigenvalue weighted by Gasteiger charge is 2.16. The van der Waals surface area contributed by atoms with E-state index < -0.39 is 0 Å². The Labute approximate surface area is 102 Å². The lowest BCUT2D eigenvalue weighted by atomic mass is 9.97. The summed E-state index contributed by atoms with van der Waals surface area (Å²) in [4.78, 5) is 0. The molecule has 1 unspecified atom stereocenters. The average Bonchev–Trinajstić information content (AvgIpc) is 2.83. The average molecular weight is 229 g/mol. The highest BCUT2D eigenvalue weighted by atomic mass is 15.1. The van der Waals surface area contributed by atoms with Gasteiger partial charge in [0.05, 0.1) is 11.7 Å². The van der Waals surface area contributed by atoms with Gasteiger partial charge in [0.15, 0.2) is 0 Å². The number of nitrogens with one attached hydrogen (secondary N) is 2. The van der Waals surface area contributed by atoms with Gasteiger partial charge in [-0.15, -0.1) is 0 Å².